The number of nitrogens with one attached hydrogen (secondary N) is 2. The predicted molar refractivity (Wildman–Crippen MR) is 95.6 cm³/mol. The fraction of sp³-hybridized carbons (Fsp3) is 0.222. The van der Waals surface area contributed by atoms with E-state index in [0.29, 0.717) is 28.6 Å². The molecule has 0 bridgehead atoms. The second kappa shape index (κ2) is 7.01. The van der Waals surface area contributed by atoms with E-state index in [4.69, 9.17) is 15.7 Å². The molecule has 1 saturated carbocycles. The van der Waals surface area contributed by atoms with Gasteiger partial charge in [-0.2, -0.15) is 10.4 Å². The lowest BCUT2D eigenvalue weighted by atomic mass is 9.90. The second-order valence-electron chi connectivity index (χ2n) is 6.27. The van der Waals surface area contributed by atoms with E-state index >= 15 is 0 Å². The van der Waals surface area contributed by atoms with Crippen molar-refractivity contribution in [1.29, 1.82) is 5.26 Å². The Hall–Kier alpha value is -3.51. The summed E-state index contributed by atoms with van der Waals surface area (Å²) < 4.78 is 20.4. The van der Waals surface area contributed by atoms with Gasteiger partial charge in [-0.25, -0.2) is 14.4 Å². The van der Waals surface area contributed by atoms with Gasteiger partial charge in [-0.1, -0.05) is 6.07 Å². The van der Waals surface area contributed by atoms with Crippen molar-refractivity contribution >= 4 is 11.6 Å². The summed E-state index contributed by atoms with van der Waals surface area (Å²) in [5.41, 5.74) is 6.78. The van der Waals surface area contributed by atoms with Crippen LogP contribution in [-0.4, -0.2) is 32.3 Å². The highest BCUT2D eigenvalue weighted by Crippen LogP contribution is 2.35. The van der Waals surface area contributed by atoms with Gasteiger partial charge in [0.25, 0.3) is 0 Å². The van der Waals surface area contributed by atoms with Crippen molar-refractivity contribution < 1.29 is 9.13 Å². The molecule has 4 rings (SSSR count). The number of ether oxygens (including phenoxy) is 1. The van der Waals surface area contributed by atoms with Crippen molar-refractivity contribution in [2.45, 2.75) is 25.0 Å². The Labute approximate surface area is 154 Å². The molecule has 1 aromatic carbocycles. The van der Waals surface area contributed by atoms with Gasteiger partial charge in [0.05, 0.1) is 23.7 Å². The third kappa shape index (κ3) is 3.56. The fourth-order valence-electron chi connectivity index (χ4n) is 2.84. The van der Waals surface area contributed by atoms with Gasteiger partial charge in [-0.15, -0.1) is 0 Å². The molecule has 0 atom stereocenters. The molecule has 27 heavy (non-hydrogen) atoms. The van der Waals surface area contributed by atoms with Crippen LogP contribution in [0, 0.1) is 17.1 Å². The quantitative estimate of drug-likeness (QED) is 0.634. The molecule has 8 nitrogen and oxygen atoms in total. The van der Waals surface area contributed by atoms with Crippen LogP contribution in [0.5, 0.6) is 5.75 Å². The predicted octanol–water partition coefficient (Wildman–Crippen LogP) is 2.49. The Balaban J connectivity index is 1.56. The highest BCUT2D eigenvalue weighted by molar-refractivity contribution is 5.71. The first-order valence-corrected chi connectivity index (χ1v) is 8.38. The van der Waals surface area contributed by atoms with Gasteiger partial charge >= 0.3 is 0 Å². The Bertz CT molecular complexity index is 990. The van der Waals surface area contributed by atoms with Crippen LogP contribution in [0.15, 0.2) is 36.7 Å². The monoisotopic (exact) mass is 365 g/mol. The number of aromatic amines is 1. The number of hydrogen-bond acceptors (Lipinski definition) is 7. The lowest BCUT2D eigenvalue weighted by molar-refractivity contribution is 0.101. The van der Waals surface area contributed by atoms with Crippen LogP contribution in [0.2, 0.25) is 0 Å². The van der Waals surface area contributed by atoms with Crippen LogP contribution in [0.1, 0.15) is 18.5 Å². The molecule has 0 aliphatic heterocycles. The van der Waals surface area contributed by atoms with Crippen LogP contribution >= 0.6 is 0 Å². The Morgan fingerprint density at radius 2 is 2.11 bits per heavy atom. The minimum absolute atomic E-state index is 0.00464. The summed E-state index contributed by atoms with van der Waals surface area (Å²) in [6.45, 7) is 0. The van der Waals surface area contributed by atoms with Gasteiger partial charge in [0.1, 0.15) is 29.6 Å². The zero-order chi connectivity index (χ0) is 18.8. The number of nitriles is 1. The van der Waals surface area contributed by atoms with Crippen molar-refractivity contribution in [2.75, 3.05) is 5.32 Å². The van der Waals surface area contributed by atoms with Crippen LogP contribution < -0.4 is 15.8 Å². The number of anilines is 2. The van der Waals surface area contributed by atoms with E-state index in [2.05, 4.69) is 25.5 Å². The van der Waals surface area contributed by atoms with Gasteiger partial charge in [0.15, 0.2) is 11.5 Å². The molecule has 1 aliphatic carbocycles. The molecule has 1 aliphatic rings. The molecular formula is C18H16FN7O. The smallest absolute Gasteiger partial charge is 0.158 e. The van der Waals surface area contributed by atoms with Gasteiger partial charge < -0.3 is 15.8 Å². The van der Waals surface area contributed by atoms with Crippen molar-refractivity contribution in [3.8, 4) is 23.1 Å². The van der Waals surface area contributed by atoms with Crippen LogP contribution in [0.4, 0.5) is 16.0 Å². The Kier molecular flexibility index (Phi) is 4.40. The molecule has 1 fully saturated rings. The molecular weight excluding hydrogens is 349 g/mol. The Morgan fingerprint density at radius 1 is 1.26 bits per heavy atom. The normalized spacial score (nSPS) is 18.4. The topological polar surface area (TPSA) is 126 Å². The molecule has 0 radical (unpaired) electrons. The van der Waals surface area contributed by atoms with Crippen LogP contribution in [0.25, 0.3) is 11.3 Å². The third-order valence-electron chi connectivity index (χ3n) is 4.27. The summed E-state index contributed by atoms with van der Waals surface area (Å²) in [7, 11) is 0. The average Bonchev–Trinajstić information content (AvgIpc) is 3.09. The largest absolute Gasteiger partial charge is 0.489 e. The first-order valence-electron chi connectivity index (χ1n) is 8.38. The molecule has 0 unspecified atom stereocenters. The standard InChI is InChI=1S/C18H16FN7O/c19-13-2-1-3-15(27-12-4-10(21)5-12)18(13)14-6-16(26-25-14)24-17-9-22-11(7-20)8-23-17/h1-3,6,8-10,12H,4-5,21H2,(H2,23,24,25,26)/t10-,12-. The van der Waals surface area contributed by atoms with E-state index in [9.17, 15) is 4.39 Å². The van der Waals surface area contributed by atoms with Gasteiger partial charge in [-0.3, -0.25) is 5.10 Å². The molecule has 0 spiro atoms. The van der Waals surface area contributed by atoms with E-state index in [0.717, 1.165) is 12.8 Å². The molecule has 0 amide bonds. The summed E-state index contributed by atoms with van der Waals surface area (Å²) in [4.78, 5) is 7.99. The summed E-state index contributed by atoms with van der Waals surface area (Å²) in [5.74, 6) is 0.883. The molecule has 2 aromatic heterocycles. The molecule has 4 N–H and O–H groups in total. The summed E-state index contributed by atoms with van der Waals surface area (Å²) >= 11 is 0. The maximum atomic E-state index is 14.5. The fourth-order valence-corrected chi connectivity index (χ4v) is 2.84. The van der Waals surface area contributed by atoms with Gasteiger partial charge in [0, 0.05) is 12.1 Å². The second-order valence-corrected chi connectivity index (χ2v) is 6.27. The first kappa shape index (κ1) is 16.9. The molecule has 2 heterocycles. The summed E-state index contributed by atoms with van der Waals surface area (Å²) in [6, 6.07) is 8.39. The van der Waals surface area contributed by atoms with Crippen molar-refractivity contribution in [3.63, 3.8) is 0 Å². The number of hydrogen-bond donors (Lipinski definition) is 3. The lowest BCUT2D eigenvalue weighted by Crippen LogP contribution is -2.43. The van der Waals surface area contributed by atoms with E-state index in [1.54, 1.807) is 18.2 Å². The van der Waals surface area contributed by atoms with Crippen molar-refractivity contribution in [3.05, 3.63) is 48.2 Å². The zero-order valence-corrected chi connectivity index (χ0v) is 14.2. The number of rotatable bonds is 5. The highest BCUT2D eigenvalue weighted by atomic mass is 19.1. The van der Waals surface area contributed by atoms with Crippen LogP contribution in [-0.2, 0) is 0 Å². The maximum Gasteiger partial charge on any atom is 0.158 e. The summed E-state index contributed by atoms with van der Waals surface area (Å²) in [5, 5.41) is 18.6. The molecule has 0 saturated heterocycles. The molecule has 9 heteroatoms. The highest BCUT2D eigenvalue weighted by Gasteiger charge is 2.29. The van der Waals surface area contributed by atoms with Gasteiger partial charge in [-0.05, 0) is 25.0 Å². The number of aromatic nitrogens is 4. The number of nitrogens with two attached hydrogens (primary N) is 1. The Morgan fingerprint density at radius 3 is 2.81 bits per heavy atom. The SMILES string of the molecule is N#Cc1cnc(Nc2cc(-c3c(F)cccc3O[C@H]3C[C@H](N)C3)[nH]n2)cn1. The number of halogens is 1. The molecule has 136 valence electrons. The lowest BCUT2D eigenvalue weighted by Gasteiger charge is -2.33. The first-order chi connectivity index (χ1) is 13.1. The van der Waals surface area contributed by atoms with E-state index in [1.165, 1.54) is 18.5 Å². The van der Waals surface area contributed by atoms with E-state index in [1.807, 2.05) is 6.07 Å². The minimum atomic E-state index is -0.413. The van der Waals surface area contributed by atoms with Crippen LogP contribution in [0.3, 0.4) is 0 Å². The minimum Gasteiger partial charge on any atom is -0.489 e. The molecule has 3 aromatic rings. The summed E-state index contributed by atoms with van der Waals surface area (Å²) in [6.07, 6.45) is 4.27. The maximum absolute atomic E-state index is 14.5. The zero-order valence-electron chi connectivity index (χ0n) is 14.2. The number of nitrogens with zero attached hydrogens (tertiary/aromatic N) is 4. The van der Waals surface area contributed by atoms with E-state index in [-0.39, 0.29) is 17.8 Å². The third-order valence-corrected chi connectivity index (χ3v) is 4.27. The number of H-pyrrole nitrogens is 1. The van der Waals surface area contributed by atoms with Crippen molar-refractivity contribution in [2.24, 2.45) is 5.73 Å². The van der Waals surface area contributed by atoms with Crippen molar-refractivity contribution in [1.82, 2.24) is 20.2 Å². The number of benzene rings is 1. The average molecular weight is 365 g/mol. The van der Waals surface area contributed by atoms with E-state index < -0.39 is 5.82 Å². The van der Waals surface area contributed by atoms with Gasteiger partial charge in [0.2, 0.25) is 0 Å².